The van der Waals surface area contributed by atoms with Crippen molar-refractivity contribution < 1.29 is 19.2 Å². The SMILES string of the molecule is CC#Cc1cc(C)c(C2C(=O)CC3(CCN(C(=O)CC(=O)c4cccnn4)CC3)CC2=O)c(C)c1. The highest BCUT2D eigenvalue weighted by Crippen LogP contribution is 2.46. The van der Waals surface area contributed by atoms with Gasteiger partial charge in [-0.25, -0.2) is 0 Å². The van der Waals surface area contributed by atoms with Gasteiger partial charge in [-0.05, 0) is 80.0 Å². The van der Waals surface area contributed by atoms with Gasteiger partial charge in [0.1, 0.15) is 23.2 Å². The molecule has 0 unspecified atom stereocenters. The van der Waals surface area contributed by atoms with Crippen molar-refractivity contribution >= 4 is 23.3 Å². The summed E-state index contributed by atoms with van der Waals surface area (Å²) >= 11 is 0. The van der Waals surface area contributed by atoms with Crippen LogP contribution >= 0.6 is 0 Å². The van der Waals surface area contributed by atoms with Gasteiger partial charge in [0.2, 0.25) is 5.91 Å². The van der Waals surface area contributed by atoms with Crippen LogP contribution in [0.4, 0.5) is 0 Å². The van der Waals surface area contributed by atoms with Gasteiger partial charge in [0, 0.05) is 37.7 Å². The van der Waals surface area contributed by atoms with Gasteiger partial charge >= 0.3 is 0 Å². The molecule has 0 bridgehead atoms. The second kappa shape index (κ2) is 9.91. The quantitative estimate of drug-likeness (QED) is 0.385. The van der Waals surface area contributed by atoms with Crippen molar-refractivity contribution in [2.45, 2.75) is 58.8 Å². The Morgan fingerprint density at radius 1 is 1.09 bits per heavy atom. The summed E-state index contributed by atoms with van der Waals surface area (Å²) in [5.74, 6) is 4.49. The van der Waals surface area contributed by atoms with Crippen molar-refractivity contribution in [3.63, 3.8) is 0 Å². The number of rotatable bonds is 4. The number of piperidine rings is 1. The molecule has 1 amide bonds. The molecule has 35 heavy (non-hydrogen) atoms. The first-order valence-corrected chi connectivity index (χ1v) is 11.9. The minimum Gasteiger partial charge on any atom is -0.342 e. The van der Waals surface area contributed by atoms with Crippen molar-refractivity contribution in [3.05, 3.63) is 58.4 Å². The van der Waals surface area contributed by atoms with Gasteiger partial charge in [-0.1, -0.05) is 5.92 Å². The first-order valence-electron chi connectivity index (χ1n) is 11.9. The molecule has 4 rings (SSSR count). The molecule has 180 valence electrons. The maximum absolute atomic E-state index is 13.3. The van der Waals surface area contributed by atoms with E-state index in [1.54, 1.807) is 17.9 Å². The van der Waals surface area contributed by atoms with E-state index in [4.69, 9.17) is 0 Å². The molecule has 1 aromatic carbocycles. The first-order chi connectivity index (χ1) is 16.7. The number of aromatic nitrogens is 2. The summed E-state index contributed by atoms with van der Waals surface area (Å²) < 4.78 is 0. The normalized spacial score (nSPS) is 17.7. The number of amides is 1. The average molecular weight is 472 g/mol. The molecule has 2 aliphatic rings. The number of benzene rings is 1. The van der Waals surface area contributed by atoms with E-state index < -0.39 is 11.3 Å². The summed E-state index contributed by atoms with van der Waals surface area (Å²) in [5, 5.41) is 7.45. The van der Waals surface area contributed by atoms with Gasteiger partial charge in [-0.15, -0.1) is 11.0 Å². The number of carbonyl (C=O) groups excluding carboxylic acids is 4. The van der Waals surface area contributed by atoms with Crippen LogP contribution < -0.4 is 0 Å². The highest BCUT2D eigenvalue weighted by Gasteiger charge is 2.47. The number of aryl methyl sites for hydroxylation is 2. The van der Waals surface area contributed by atoms with Crippen molar-refractivity contribution in [2.75, 3.05) is 13.1 Å². The third kappa shape index (κ3) is 5.07. The van der Waals surface area contributed by atoms with Crippen LogP contribution in [0.3, 0.4) is 0 Å². The van der Waals surface area contributed by atoms with Crippen molar-refractivity contribution in [1.29, 1.82) is 0 Å². The van der Waals surface area contributed by atoms with Crippen molar-refractivity contribution in [1.82, 2.24) is 15.1 Å². The van der Waals surface area contributed by atoms with Gasteiger partial charge in [0.15, 0.2) is 5.78 Å². The fraction of sp³-hybridized carbons (Fsp3) is 0.429. The Kier molecular flexibility index (Phi) is 6.93. The molecule has 1 spiro atoms. The lowest BCUT2D eigenvalue weighted by atomic mass is 9.62. The van der Waals surface area contributed by atoms with Gasteiger partial charge in [0.25, 0.3) is 0 Å². The van der Waals surface area contributed by atoms with Crippen LogP contribution in [-0.2, 0) is 14.4 Å². The van der Waals surface area contributed by atoms with Crippen molar-refractivity contribution in [3.8, 4) is 11.8 Å². The molecule has 1 aliphatic carbocycles. The van der Waals surface area contributed by atoms with Crippen LogP contribution in [0.15, 0.2) is 30.5 Å². The zero-order valence-electron chi connectivity index (χ0n) is 20.4. The first kappa shape index (κ1) is 24.5. The monoisotopic (exact) mass is 471 g/mol. The summed E-state index contributed by atoms with van der Waals surface area (Å²) in [6.45, 7) is 6.50. The van der Waals surface area contributed by atoms with Gasteiger partial charge in [0.05, 0.1) is 6.42 Å². The molecule has 1 aliphatic heterocycles. The zero-order chi connectivity index (χ0) is 25.2. The molecule has 2 aromatic rings. The Bertz CT molecular complexity index is 1200. The van der Waals surface area contributed by atoms with Crippen LogP contribution in [0.25, 0.3) is 0 Å². The smallest absolute Gasteiger partial charge is 0.230 e. The lowest BCUT2D eigenvalue weighted by Gasteiger charge is -2.44. The minimum atomic E-state index is -0.728. The summed E-state index contributed by atoms with van der Waals surface area (Å²) in [4.78, 5) is 53.3. The largest absolute Gasteiger partial charge is 0.342 e. The molecule has 1 saturated heterocycles. The molecule has 2 heterocycles. The maximum Gasteiger partial charge on any atom is 0.230 e. The Balaban J connectivity index is 1.42. The molecule has 0 radical (unpaired) electrons. The molecule has 7 nitrogen and oxygen atoms in total. The Hall–Kier alpha value is -3.66. The van der Waals surface area contributed by atoms with E-state index in [-0.39, 0.29) is 35.4 Å². The standard InChI is InChI=1S/C28H29N3O4/c1-4-6-20-13-18(2)26(19(3)14-20)27-23(33)16-28(17-24(27)34)8-11-31(12-9-28)25(35)15-22(32)21-7-5-10-29-30-21/h5,7,10,13-14,27H,8-9,11-12,15-17H2,1-3H3. The fourth-order valence-corrected chi connectivity index (χ4v) is 5.53. The van der Waals surface area contributed by atoms with E-state index >= 15 is 0 Å². The lowest BCUT2D eigenvalue weighted by Crippen LogP contribution is -2.48. The highest BCUT2D eigenvalue weighted by molar-refractivity contribution is 6.10. The van der Waals surface area contributed by atoms with Gasteiger partial charge in [-0.3, -0.25) is 19.2 Å². The summed E-state index contributed by atoms with van der Waals surface area (Å²) in [6.07, 6.45) is 3.02. The number of Topliss-reactive ketones (excluding diaryl/α,β-unsaturated/α-hetero) is 3. The molecule has 0 N–H and O–H groups in total. The fourth-order valence-electron chi connectivity index (χ4n) is 5.53. The summed E-state index contributed by atoms with van der Waals surface area (Å²) in [5.41, 5.74) is 3.28. The Labute approximate surface area is 205 Å². The number of likely N-dealkylation sites (tertiary alicyclic amines) is 1. The van der Waals surface area contributed by atoms with Gasteiger partial charge < -0.3 is 4.90 Å². The second-order valence-corrected chi connectivity index (χ2v) is 9.71. The predicted molar refractivity (Wildman–Crippen MR) is 130 cm³/mol. The zero-order valence-corrected chi connectivity index (χ0v) is 20.4. The van der Waals surface area contributed by atoms with E-state index in [0.717, 1.165) is 22.3 Å². The number of nitrogens with zero attached hydrogens (tertiary/aromatic N) is 3. The Morgan fingerprint density at radius 3 is 2.26 bits per heavy atom. The number of hydrogen-bond donors (Lipinski definition) is 0. The molecule has 7 heteroatoms. The van der Waals surface area contributed by atoms with Crippen LogP contribution in [0.2, 0.25) is 0 Å². The molecule has 2 fully saturated rings. The molecule has 1 aromatic heterocycles. The number of carbonyl (C=O) groups is 4. The number of ketones is 3. The average Bonchev–Trinajstić information content (AvgIpc) is 2.81. The third-order valence-corrected chi connectivity index (χ3v) is 7.24. The minimum absolute atomic E-state index is 0.0422. The molecular formula is C28H29N3O4. The van der Waals surface area contributed by atoms with Crippen LogP contribution in [0.1, 0.15) is 77.7 Å². The van der Waals surface area contributed by atoms with Crippen LogP contribution in [-0.4, -0.2) is 51.4 Å². The highest BCUT2D eigenvalue weighted by atomic mass is 16.2. The number of hydrogen-bond acceptors (Lipinski definition) is 6. The van der Waals surface area contributed by atoms with E-state index in [0.29, 0.717) is 38.8 Å². The molecule has 0 atom stereocenters. The van der Waals surface area contributed by atoms with E-state index in [1.165, 1.54) is 12.3 Å². The Morgan fingerprint density at radius 2 is 1.71 bits per heavy atom. The topological polar surface area (TPSA) is 97.3 Å². The molecular weight excluding hydrogens is 442 g/mol. The van der Waals surface area contributed by atoms with E-state index in [2.05, 4.69) is 22.0 Å². The van der Waals surface area contributed by atoms with Gasteiger partial charge in [-0.2, -0.15) is 5.10 Å². The lowest BCUT2D eigenvalue weighted by molar-refractivity contribution is -0.140. The van der Waals surface area contributed by atoms with Crippen LogP contribution in [0, 0.1) is 31.1 Å². The van der Waals surface area contributed by atoms with E-state index in [1.807, 2.05) is 26.0 Å². The summed E-state index contributed by atoms with van der Waals surface area (Å²) in [6, 6.07) is 7.03. The summed E-state index contributed by atoms with van der Waals surface area (Å²) in [7, 11) is 0. The maximum atomic E-state index is 13.3. The van der Waals surface area contributed by atoms with E-state index in [9.17, 15) is 19.2 Å². The predicted octanol–water partition coefficient (Wildman–Crippen LogP) is 3.36. The van der Waals surface area contributed by atoms with Crippen molar-refractivity contribution in [2.24, 2.45) is 5.41 Å². The van der Waals surface area contributed by atoms with Crippen LogP contribution in [0.5, 0.6) is 0 Å². The second-order valence-electron chi connectivity index (χ2n) is 9.71. The third-order valence-electron chi connectivity index (χ3n) is 7.24. The molecule has 1 saturated carbocycles.